The summed E-state index contributed by atoms with van der Waals surface area (Å²) in [5.74, 6) is -8.81. The van der Waals surface area contributed by atoms with E-state index in [0.29, 0.717) is 6.42 Å². The van der Waals surface area contributed by atoms with Crippen LogP contribution >= 0.6 is 49.6 Å². The quantitative estimate of drug-likeness (QED) is 0.0410. The van der Waals surface area contributed by atoms with Gasteiger partial charge in [0.2, 0.25) is 59.1 Å². The summed E-state index contributed by atoms with van der Waals surface area (Å²) < 4.78 is 0. The SMILES string of the molecule is CCCCCCCC(=O)N[C@H](C(=O)N[C@@H](CCN)C(=O)N[C@H]1CCNC(=O)[C@H]([C@@H](C)O)NC(=O)[C@H](CCN)NC(=O)[C@H](CCN)NC(=O)[C@H](CC(C)C)NC(=O)[C@@H](CC(C)C)NC(=O)[C@H](CCN)NC1=O)[C@@H](C)O.Cl.Cl.Cl.Cl. The molecule has 0 spiro atoms. The van der Waals surface area contributed by atoms with E-state index in [-0.39, 0.29) is 133 Å². The third-order valence-corrected chi connectivity index (χ3v) is 12.1. The third-order valence-electron chi connectivity index (χ3n) is 12.1. The van der Waals surface area contributed by atoms with Crippen molar-refractivity contribution in [1.82, 2.24) is 53.2 Å². The summed E-state index contributed by atoms with van der Waals surface area (Å²) in [6, 6.07) is -12.8. The molecule has 78 heavy (non-hydrogen) atoms. The van der Waals surface area contributed by atoms with Crippen molar-refractivity contribution in [2.45, 2.75) is 199 Å². The summed E-state index contributed by atoms with van der Waals surface area (Å²) >= 11 is 0. The molecule has 0 radical (unpaired) electrons. The molecule has 1 heterocycles. The number of rotatable bonds is 25. The molecular formula is C48H94Cl4N14O12. The van der Waals surface area contributed by atoms with Gasteiger partial charge in [0.05, 0.1) is 12.2 Å². The molecule has 1 rings (SSSR count). The minimum atomic E-state index is -1.65. The Hall–Kier alpha value is -4.38. The molecule has 0 saturated carbocycles. The fourth-order valence-electron chi connectivity index (χ4n) is 7.96. The highest BCUT2D eigenvalue weighted by Crippen LogP contribution is 2.12. The first kappa shape index (κ1) is 80.1. The van der Waals surface area contributed by atoms with Crippen LogP contribution in [-0.2, 0) is 47.9 Å². The van der Waals surface area contributed by atoms with Crippen LogP contribution in [0.4, 0.5) is 0 Å². The van der Waals surface area contributed by atoms with E-state index in [0.717, 1.165) is 25.7 Å². The highest BCUT2D eigenvalue weighted by Gasteiger charge is 2.37. The minimum Gasteiger partial charge on any atom is -0.391 e. The van der Waals surface area contributed by atoms with Crippen LogP contribution in [-0.4, -0.2) is 169 Å². The number of aliphatic hydroxyl groups excluding tert-OH is 2. The molecule has 26 nitrogen and oxygen atoms in total. The lowest BCUT2D eigenvalue weighted by Gasteiger charge is -2.29. The maximum atomic E-state index is 14.3. The number of halogens is 4. The average molecular weight is 1200 g/mol. The van der Waals surface area contributed by atoms with Crippen molar-refractivity contribution in [3.63, 3.8) is 0 Å². The van der Waals surface area contributed by atoms with Crippen LogP contribution in [0.15, 0.2) is 0 Å². The number of nitrogens with one attached hydrogen (secondary N) is 10. The molecule has 1 aliphatic heterocycles. The van der Waals surface area contributed by atoms with Crippen molar-refractivity contribution in [3.8, 4) is 0 Å². The zero-order valence-electron chi connectivity index (χ0n) is 46.2. The summed E-state index contributed by atoms with van der Waals surface area (Å²) in [5.41, 5.74) is 23.4. The first-order valence-electron chi connectivity index (χ1n) is 26.1. The van der Waals surface area contributed by atoms with E-state index in [1.165, 1.54) is 13.8 Å². The second kappa shape index (κ2) is 43.4. The predicted molar refractivity (Wildman–Crippen MR) is 304 cm³/mol. The molecule has 0 bridgehead atoms. The van der Waals surface area contributed by atoms with Crippen LogP contribution < -0.4 is 76.1 Å². The van der Waals surface area contributed by atoms with E-state index >= 15 is 0 Å². The Balaban J connectivity index is -0.00000684. The summed E-state index contributed by atoms with van der Waals surface area (Å²) in [7, 11) is 0. The largest absolute Gasteiger partial charge is 0.391 e. The fourth-order valence-corrected chi connectivity index (χ4v) is 7.96. The summed E-state index contributed by atoms with van der Waals surface area (Å²) in [5, 5.41) is 46.8. The Morgan fingerprint density at radius 3 is 1.38 bits per heavy atom. The Labute approximate surface area is 484 Å². The number of hydrogen-bond acceptors (Lipinski definition) is 16. The van der Waals surface area contributed by atoms with E-state index in [1.807, 2.05) is 0 Å². The number of amides is 10. The second-order valence-corrected chi connectivity index (χ2v) is 19.8. The fraction of sp³-hybridized carbons (Fsp3) is 0.792. The lowest BCUT2D eigenvalue weighted by molar-refractivity contribution is -0.136. The lowest BCUT2D eigenvalue weighted by Crippen LogP contribution is -2.61. The van der Waals surface area contributed by atoms with Gasteiger partial charge in [-0.2, -0.15) is 0 Å². The lowest BCUT2D eigenvalue weighted by atomic mass is 9.99. The number of carbonyl (C=O) groups is 10. The van der Waals surface area contributed by atoms with Crippen molar-refractivity contribution < 1.29 is 58.2 Å². The first-order valence-corrected chi connectivity index (χ1v) is 26.1. The van der Waals surface area contributed by atoms with Crippen LogP contribution in [0.3, 0.4) is 0 Å². The molecular weight excluding hydrogens is 1110 g/mol. The maximum absolute atomic E-state index is 14.3. The van der Waals surface area contributed by atoms with Gasteiger partial charge in [-0.1, -0.05) is 60.3 Å². The van der Waals surface area contributed by atoms with Crippen LogP contribution in [0.1, 0.15) is 132 Å². The minimum absolute atomic E-state index is 0. The molecule has 10 amide bonds. The number of aliphatic hydroxyl groups is 2. The number of nitrogens with two attached hydrogens (primary N) is 4. The molecule has 0 aromatic heterocycles. The summed E-state index contributed by atoms with van der Waals surface area (Å²) in [6.45, 7) is 10.8. The van der Waals surface area contributed by atoms with Crippen molar-refractivity contribution >= 4 is 109 Å². The zero-order chi connectivity index (χ0) is 56.1. The molecule has 0 aromatic rings. The zero-order valence-corrected chi connectivity index (χ0v) is 49.4. The average Bonchev–Trinajstić information content (AvgIpc) is 3.32. The van der Waals surface area contributed by atoms with Crippen LogP contribution in [0.5, 0.6) is 0 Å². The monoisotopic (exact) mass is 1200 g/mol. The van der Waals surface area contributed by atoms with Gasteiger partial charge in [0.1, 0.15) is 54.4 Å². The predicted octanol–water partition coefficient (Wildman–Crippen LogP) is -2.83. The first-order chi connectivity index (χ1) is 34.9. The highest BCUT2D eigenvalue weighted by molar-refractivity contribution is 5.99. The molecule has 456 valence electrons. The molecule has 1 fully saturated rings. The molecule has 1 aliphatic rings. The number of hydrogen-bond donors (Lipinski definition) is 16. The number of carbonyl (C=O) groups excluding carboxylic acids is 10. The van der Waals surface area contributed by atoms with Gasteiger partial charge in [0, 0.05) is 13.0 Å². The van der Waals surface area contributed by atoms with Gasteiger partial charge in [-0.15, -0.1) is 49.6 Å². The molecule has 20 N–H and O–H groups in total. The van der Waals surface area contributed by atoms with Crippen molar-refractivity contribution in [1.29, 1.82) is 0 Å². The van der Waals surface area contributed by atoms with Gasteiger partial charge >= 0.3 is 0 Å². The molecule has 1 saturated heterocycles. The Morgan fingerprint density at radius 1 is 0.551 bits per heavy atom. The molecule has 30 heteroatoms. The van der Waals surface area contributed by atoms with Gasteiger partial charge in [0.25, 0.3) is 0 Å². The molecule has 0 aliphatic carbocycles. The van der Waals surface area contributed by atoms with Gasteiger partial charge in [-0.05, 0) is 103 Å². The Morgan fingerprint density at radius 2 is 0.974 bits per heavy atom. The van der Waals surface area contributed by atoms with E-state index in [4.69, 9.17) is 22.9 Å². The molecule has 0 aromatic carbocycles. The van der Waals surface area contributed by atoms with Gasteiger partial charge in [-0.25, -0.2) is 0 Å². The van der Waals surface area contributed by atoms with Crippen molar-refractivity contribution in [2.24, 2.45) is 34.8 Å². The Kier molecular flexibility index (Phi) is 44.6. The normalized spacial score (nSPS) is 22.7. The topological polar surface area (TPSA) is 436 Å². The molecule has 0 unspecified atom stereocenters. The van der Waals surface area contributed by atoms with E-state index in [1.54, 1.807) is 27.7 Å². The summed E-state index contributed by atoms with van der Waals surface area (Å²) in [6.07, 6.45) is 0.616. The number of unbranched alkanes of at least 4 members (excludes halogenated alkanes) is 4. The van der Waals surface area contributed by atoms with Crippen molar-refractivity contribution in [3.05, 3.63) is 0 Å². The van der Waals surface area contributed by atoms with E-state index < -0.39 is 139 Å². The van der Waals surface area contributed by atoms with Gasteiger partial charge in [-0.3, -0.25) is 47.9 Å². The Bertz CT molecular complexity index is 1840. The summed E-state index contributed by atoms with van der Waals surface area (Å²) in [4.78, 5) is 138. The maximum Gasteiger partial charge on any atom is 0.245 e. The van der Waals surface area contributed by atoms with Gasteiger partial charge in [0.15, 0.2) is 0 Å². The van der Waals surface area contributed by atoms with Crippen LogP contribution in [0.2, 0.25) is 0 Å². The van der Waals surface area contributed by atoms with E-state index in [2.05, 4.69) is 60.1 Å². The van der Waals surface area contributed by atoms with E-state index in [9.17, 15) is 58.2 Å². The smallest absolute Gasteiger partial charge is 0.245 e. The third kappa shape index (κ3) is 30.3. The highest BCUT2D eigenvalue weighted by atomic mass is 35.5. The standard InChI is InChI=1S/C48H90N14O12.4ClH/c1-8-9-10-11-12-13-37(65)61-39(29(7)64)48(74)58-32(16-21-51)41(67)57-34-18-23-53-47(73)38(28(6)63)62-44(70)33(17-22-52)55-40(66)30(14-19-49)56-45(71)35(24-26(2)3)60-46(72)36(25-27(4)5)59-42(68)31(15-20-50)54-43(34)69;;;;/h26-36,38-39,63-64H,8-25,49-52H2,1-7H3,(H,53,73)(H,54,69)(H,55,66)(H,56,71)(H,57,67)(H,58,74)(H,59,68)(H,60,72)(H,61,65)(H,62,70);4*1H/t28-,29-,30+,31+,32+,33+,34+,35+,36-,38+,39+;;;;/m1..../s1. The second-order valence-electron chi connectivity index (χ2n) is 19.8. The van der Waals surface area contributed by atoms with Gasteiger partial charge < -0.3 is 86.3 Å². The van der Waals surface area contributed by atoms with Crippen LogP contribution in [0, 0.1) is 11.8 Å². The van der Waals surface area contributed by atoms with Crippen LogP contribution in [0.25, 0.3) is 0 Å². The molecule has 11 atom stereocenters. The van der Waals surface area contributed by atoms with Crippen molar-refractivity contribution in [2.75, 3.05) is 32.7 Å².